The molecule has 28 heavy (non-hydrogen) atoms. The molecule has 2 aliphatic rings. The Balaban J connectivity index is 2.06. The van der Waals surface area contributed by atoms with Crippen LogP contribution in [0.3, 0.4) is 0 Å². The van der Waals surface area contributed by atoms with E-state index in [0.717, 1.165) is 16.7 Å². The minimum Gasteiger partial charge on any atom is -0.430 e. The highest BCUT2D eigenvalue weighted by atomic mass is 16.7. The average Bonchev–Trinajstić information content (AvgIpc) is 2.93. The highest BCUT2D eigenvalue weighted by molar-refractivity contribution is 6.23. The summed E-state index contributed by atoms with van der Waals surface area (Å²) in [5.41, 5.74) is 2.34. The Morgan fingerprint density at radius 1 is 1.32 bits per heavy atom. The van der Waals surface area contributed by atoms with Crippen LogP contribution in [-0.2, 0) is 19.1 Å². The molecule has 7 nitrogen and oxygen atoms in total. The number of nitrogens with one attached hydrogen (secondary N) is 1. The lowest BCUT2D eigenvalue weighted by Gasteiger charge is -2.38. The second-order valence-corrected chi connectivity index (χ2v) is 7.12. The summed E-state index contributed by atoms with van der Waals surface area (Å²) in [6, 6.07) is 5.88. The molecule has 0 atom stereocenters. The van der Waals surface area contributed by atoms with Crippen LogP contribution in [0.1, 0.15) is 29.5 Å². The summed E-state index contributed by atoms with van der Waals surface area (Å²) < 4.78 is 10.7. The molecule has 1 aromatic rings. The van der Waals surface area contributed by atoms with E-state index in [1.807, 2.05) is 37.1 Å². The van der Waals surface area contributed by atoms with Crippen molar-refractivity contribution in [3.63, 3.8) is 0 Å². The van der Waals surface area contributed by atoms with Crippen LogP contribution in [-0.4, -0.2) is 49.5 Å². The monoisotopic (exact) mass is 386 g/mol. The summed E-state index contributed by atoms with van der Waals surface area (Å²) in [7, 11) is 1.62. The Labute approximate surface area is 164 Å². The van der Waals surface area contributed by atoms with Gasteiger partial charge in [-0.25, -0.2) is 4.79 Å². The fourth-order valence-electron chi connectivity index (χ4n) is 3.72. The number of carbonyl (C=O) groups is 2. The van der Waals surface area contributed by atoms with Gasteiger partial charge < -0.3 is 19.6 Å². The minimum atomic E-state index is -0.845. The zero-order valence-electron chi connectivity index (χ0n) is 16.5. The van der Waals surface area contributed by atoms with Crippen molar-refractivity contribution in [1.29, 1.82) is 0 Å². The number of ether oxygens (including phenoxy) is 2. The molecule has 0 aliphatic carbocycles. The first-order valence-electron chi connectivity index (χ1n) is 9.29. The molecule has 1 amide bonds. The van der Waals surface area contributed by atoms with Gasteiger partial charge in [-0.3, -0.25) is 4.79 Å². The Bertz CT molecular complexity index is 822. The normalized spacial score (nSPS) is 18.9. The number of hydrogen-bond donors (Lipinski definition) is 1. The number of benzene rings is 1. The molecular formula is C21H26N2O5. The lowest BCUT2D eigenvalue weighted by atomic mass is 9.85. The summed E-state index contributed by atoms with van der Waals surface area (Å²) in [4.78, 5) is 30.5. The van der Waals surface area contributed by atoms with E-state index in [2.05, 4.69) is 11.9 Å². The number of hydrogen-bond acceptors (Lipinski definition) is 6. The molecule has 150 valence electrons. The summed E-state index contributed by atoms with van der Waals surface area (Å²) in [5.74, 6) is 0.0853. The summed E-state index contributed by atoms with van der Waals surface area (Å²) in [6.07, 6.45) is 1.74. The second kappa shape index (κ2) is 8.16. The van der Waals surface area contributed by atoms with Gasteiger partial charge in [0.1, 0.15) is 12.1 Å². The van der Waals surface area contributed by atoms with E-state index in [9.17, 15) is 9.59 Å². The van der Waals surface area contributed by atoms with Crippen LogP contribution in [0.2, 0.25) is 0 Å². The molecule has 0 radical (unpaired) electrons. The van der Waals surface area contributed by atoms with Crippen LogP contribution in [0, 0.1) is 13.8 Å². The number of aryl methyl sites for hydroxylation is 2. The molecular weight excluding hydrogens is 360 g/mol. The number of nitrogens with zero attached hydrogens (tertiary/aromatic N) is 1. The molecule has 1 fully saturated rings. The molecule has 1 spiro atoms. The number of hydroxylamine groups is 2. The van der Waals surface area contributed by atoms with Gasteiger partial charge in [0.2, 0.25) is 0 Å². The second-order valence-electron chi connectivity index (χ2n) is 7.12. The lowest BCUT2D eigenvalue weighted by molar-refractivity contribution is -0.152. The first-order valence-corrected chi connectivity index (χ1v) is 9.29. The van der Waals surface area contributed by atoms with Gasteiger partial charge in [-0.2, -0.15) is 5.06 Å². The first kappa shape index (κ1) is 20.1. The average molecular weight is 386 g/mol. The van der Waals surface area contributed by atoms with Crippen molar-refractivity contribution in [3.8, 4) is 0 Å². The van der Waals surface area contributed by atoms with Crippen LogP contribution in [0.15, 0.2) is 36.6 Å². The molecule has 3 rings (SSSR count). The molecule has 1 saturated heterocycles. The van der Waals surface area contributed by atoms with Crippen LogP contribution in [0.5, 0.6) is 0 Å². The molecule has 1 aromatic carbocycles. The predicted molar refractivity (Wildman–Crippen MR) is 104 cm³/mol. The summed E-state index contributed by atoms with van der Waals surface area (Å²) >= 11 is 0. The molecule has 0 unspecified atom stereocenters. The van der Waals surface area contributed by atoms with Crippen molar-refractivity contribution in [2.45, 2.75) is 32.2 Å². The zero-order chi connectivity index (χ0) is 20.3. The van der Waals surface area contributed by atoms with E-state index in [-0.39, 0.29) is 12.5 Å². The fraction of sp³-hybridized carbons (Fsp3) is 0.429. The van der Waals surface area contributed by atoms with Crippen molar-refractivity contribution < 1.29 is 23.9 Å². The zero-order valence-corrected chi connectivity index (χ0v) is 16.5. The Kier molecular flexibility index (Phi) is 5.86. The van der Waals surface area contributed by atoms with Crippen molar-refractivity contribution >= 4 is 17.6 Å². The van der Waals surface area contributed by atoms with Gasteiger partial charge in [0, 0.05) is 13.1 Å². The van der Waals surface area contributed by atoms with E-state index in [1.54, 1.807) is 7.11 Å². The maximum Gasteiger partial charge on any atom is 0.513 e. The van der Waals surface area contributed by atoms with Crippen molar-refractivity contribution in [2.75, 3.05) is 26.8 Å². The van der Waals surface area contributed by atoms with Gasteiger partial charge in [0.05, 0.1) is 12.7 Å². The van der Waals surface area contributed by atoms with E-state index in [1.165, 1.54) is 6.08 Å². The molecule has 2 heterocycles. The quantitative estimate of drug-likeness (QED) is 0.619. The smallest absolute Gasteiger partial charge is 0.430 e. The Morgan fingerprint density at radius 3 is 2.68 bits per heavy atom. The molecule has 2 aliphatic heterocycles. The number of rotatable bonds is 5. The lowest BCUT2D eigenvalue weighted by Crippen LogP contribution is -2.53. The number of amides is 1. The fourth-order valence-corrected chi connectivity index (χ4v) is 3.72. The topological polar surface area (TPSA) is 77.1 Å². The molecule has 0 aromatic heterocycles. The molecule has 1 N–H and O–H groups in total. The van der Waals surface area contributed by atoms with Crippen LogP contribution >= 0.6 is 0 Å². The van der Waals surface area contributed by atoms with Crippen molar-refractivity contribution in [1.82, 2.24) is 10.4 Å². The van der Waals surface area contributed by atoms with Gasteiger partial charge in [-0.05, 0) is 37.8 Å². The van der Waals surface area contributed by atoms with Gasteiger partial charge in [-0.1, -0.05) is 36.4 Å². The number of piperidine rings is 1. The highest BCUT2D eigenvalue weighted by Gasteiger charge is 2.50. The van der Waals surface area contributed by atoms with E-state index < -0.39 is 11.7 Å². The predicted octanol–water partition coefficient (Wildman–Crippen LogP) is 2.88. The van der Waals surface area contributed by atoms with Crippen molar-refractivity contribution in [3.05, 3.63) is 53.3 Å². The third-order valence-electron chi connectivity index (χ3n) is 5.24. The van der Waals surface area contributed by atoms with E-state index >= 15 is 0 Å². The van der Waals surface area contributed by atoms with Crippen LogP contribution in [0.25, 0.3) is 5.57 Å². The van der Waals surface area contributed by atoms with E-state index in [0.29, 0.717) is 37.3 Å². The van der Waals surface area contributed by atoms with Gasteiger partial charge in [-0.15, -0.1) is 0 Å². The third-order valence-corrected chi connectivity index (χ3v) is 5.24. The first-order chi connectivity index (χ1) is 13.4. The van der Waals surface area contributed by atoms with Crippen molar-refractivity contribution in [2.24, 2.45) is 0 Å². The molecule has 7 heteroatoms. The maximum absolute atomic E-state index is 13.0. The third kappa shape index (κ3) is 3.81. The number of carbonyl (C=O) groups excluding carboxylic acids is 2. The van der Waals surface area contributed by atoms with Crippen LogP contribution < -0.4 is 5.32 Å². The summed E-state index contributed by atoms with van der Waals surface area (Å²) in [6.45, 7) is 8.67. The maximum atomic E-state index is 13.0. The van der Waals surface area contributed by atoms with Crippen LogP contribution in [0.4, 0.5) is 4.79 Å². The Morgan fingerprint density at radius 2 is 2.04 bits per heavy atom. The molecule has 0 bridgehead atoms. The van der Waals surface area contributed by atoms with E-state index in [4.69, 9.17) is 14.3 Å². The minimum absolute atomic E-state index is 0.0384. The highest BCUT2D eigenvalue weighted by Crippen LogP contribution is 2.41. The largest absolute Gasteiger partial charge is 0.513 e. The summed E-state index contributed by atoms with van der Waals surface area (Å²) in [5, 5.41) is 4.89. The molecule has 0 saturated carbocycles. The SMILES string of the molecule is C=CCOC(=O)OC1=C(c2cc(C)ccc2C)C(=O)NC12CCN(OC)CC2. The standard InChI is InChI=1S/C21H26N2O5/c1-5-12-27-20(25)28-18-17(16-13-14(2)6-7-15(16)3)19(24)22-21(18)8-10-23(26-4)11-9-21/h5-7,13H,1,8-12H2,2-4H3,(H,22,24). The van der Waals surface area contributed by atoms with Gasteiger partial charge in [0.25, 0.3) is 5.91 Å². The Hall–Kier alpha value is -2.64. The van der Waals surface area contributed by atoms with Gasteiger partial charge in [0.15, 0.2) is 5.76 Å². The van der Waals surface area contributed by atoms with Gasteiger partial charge >= 0.3 is 6.16 Å².